The SMILES string of the molecule is Cc1ccc(-c2nnn(CC(=O)N3CCNC[C@H]3C)n2)cc1. The third-order valence-corrected chi connectivity index (χ3v) is 3.86. The lowest BCUT2D eigenvalue weighted by atomic mass is 10.1. The molecule has 0 unspecified atom stereocenters. The number of carbonyl (C=O) groups is 1. The van der Waals surface area contributed by atoms with E-state index in [9.17, 15) is 4.79 Å². The van der Waals surface area contributed by atoms with E-state index >= 15 is 0 Å². The first-order valence-corrected chi connectivity index (χ1v) is 7.48. The van der Waals surface area contributed by atoms with Gasteiger partial charge in [0.05, 0.1) is 0 Å². The summed E-state index contributed by atoms with van der Waals surface area (Å²) in [7, 11) is 0. The van der Waals surface area contributed by atoms with Crippen LogP contribution in [0.3, 0.4) is 0 Å². The second-order valence-electron chi connectivity index (χ2n) is 5.65. The highest BCUT2D eigenvalue weighted by Gasteiger charge is 2.23. The zero-order chi connectivity index (χ0) is 15.5. The highest BCUT2D eigenvalue weighted by Crippen LogP contribution is 2.14. The number of piperazine rings is 1. The number of nitrogens with zero attached hydrogens (tertiary/aromatic N) is 5. The number of rotatable bonds is 3. The van der Waals surface area contributed by atoms with E-state index in [0.29, 0.717) is 5.82 Å². The lowest BCUT2D eigenvalue weighted by Gasteiger charge is -2.33. The lowest BCUT2D eigenvalue weighted by molar-refractivity contribution is -0.135. The highest BCUT2D eigenvalue weighted by atomic mass is 16.2. The van der Waals surface area contributed by atoms with Crippen LogP contribution in [0.5, 0.6) is 0 Å². The molecule has 116 valence electrons. The van der Waals surface area contributed by atoms with E-state index in [1.165, 1.54) is 10.4 Å². The second-order valence-corrected chi connectivity index (χ2v) is 5.65. The Morgan fingerprint density at radius 1 is 1.36 bits per heavy atom. The summed E-state index contributed by atoms with van der Waals surface area (Å²) in [6.07, 6.45) is 0. The number of nitrogens with one attached hydrogen (secondary N) is 1. The smallest absolute Gasteiger partial charge is 0.246 e. The molecule has 22 heavy (non-hydrogen) atoms. The van der Waals surface area contributed by atoms with Crippen molar-refractivity contribution in [2.24, 2.45) is 0 Å². The predicted octanol–water partition coefficient (Wildman–Crippen LogP) is 0.469. The summed E-state index contributed by atoms with van der Waals surface area (Å²) < 4.78 is 0. The van der Waals surface area contributed by atoms with Crippen molar-refractivity contribution in [3.05, 3.63) is 29.8 Å². The summed E-state index contributed by atoms with van der Waals surface area (Å²) in [6, 6.07) is 8.11. The summed E-state index contributed by atoms with van der Waals surface area (Å²) >= 11 is 0. The maximum atomic E-state index is 12.3. The van der Waals surface area contributed by atoms with E-state index in [2.05, 4.69) is 20.7 Å². The third kappa shape index (κ3) is 3.14. The van der Waals surface area contributed by atoms with Gasteiger partial charge in [0.25, 0.3) is 0 Å². The van der Waals surface area contributed by atoms with E-state index in [1.807, 2.05) is 43.0 Å². The Hall–Kier alpha value is -2.28. The fourth-order valence-electron chi connectivity index (χ4n) is 2.55. The fourth-order valence-corrected chi connectivity index (χ4v) is 2.55. The van der Waals surface area contributed by atoms with Crippen LogP contribution < -0.4 is 5.32 Å². The van der Waals surface area contributed by atoms with Crippen LogP contribution >= 0.6 is 0 Å². The zero-order valence-corrected chi connectivity index (χ0v) is 12.9. The molecule has 1 amide bonds. The summed E-state index contributed by atoms with van der Waals surface area (Å²) in [6.45, 7) is 6.57. The number of aryl methyl sites for hydroxylation is 1. The van der Waals surface area contributed by atoms with Gasteiger partial charge >= 0.3 is 0 Å². The Morgan fingerprint density at radius 2 is 2.14 bits per heavy atom. The molecule has 2 heterocycles. The zero-order valence-electron chi connectivity index (χ0n) is 12.9. The summed E-state index contributed by atoms with van der Waals surface area (Å²) in [5.41, 5.74) is 2.08. The maximum absolute atomic E-state index is 12.3. The van der Waals surface area contributed by atoms with Crippen molar-refractivity contribution in [2.75, 3.05) is 19.6 Å². The normalized spacial score (nSPS) is 18.5. The number of benzene rings is 1. The van der Waals surface area contributed by atoms with Crippen LogP contribution in [0.4, 0.5) is 0 Å². The first-order valence-electron chi connectivity index (χ1n) is 7.48. The molecule has 1 atom stereocenters. The molecule has 0 aliphatic carbocycles. The van der Waals surface area contributed by atoms with Gasteiger partial charge in [-0.3, -0.25) is 4.79 Å². The summed E-state index contributed by atoms with van der Waals surface area (Å²) in [5, 5.41) is 15.6. The fraction of sp³-hybridized carbons (Fsp3) is 0.467. The van der Waals surface area contributed by atoms with E-state index in [1.54, 1.807) is 0 Å². The number of hydrogen-bond donors (Lipinski definition) is 1. The van der Waals surface area contributed by atoms with Crippen molar-refractivity contribution in [1.82, 2.24) is 30.4 Å². The first kappa shape index (κ1) is 14.6. The predicted molar refractivity (Wildman–Crippen MR) is 82.0 cm³/mol. The van der Waals surface area contributed by atoms with Crippen LogP contribution in [0.15, 0.2) is 24.3 Å². The number of hydrogen-bond acceptors (Lipinski definition) is 5. The van der Waals surface area contributed by atoms with Gasteiger partial charge in [-0.05, 0) is 19.1 Å². The molecule has 0 saturated carbocycles. The van der Waals surface area contributed by atoms with Gasteiger partial charge in [-0.15, -0.1) is 10.2 Å². The third-order valence-electron chi connectivity index (χ3n) is 3.86. The molecule has 7 nitrogen and oxygen atoms in total. The molecule has 1 aliphatic heterocycles. The second kappa shape index (κ2) is 6.23. The molecule has 3 rings (SSSR count). The molecule has 0 spiro atoms. The Morgan fingerprint density at radius 3 is 2.86 bits per heavy atom. The molecule has 1 aromatic heterocycles. The van der Waals surface area contributed by atoms with Crippen LogP contribution in [0.25, 0.3) is 11.4 Å². The van der Waals surface area contributed by atoms with Crippen molar-refractivity contribution >= 4 is 5.91 Å². The van der Waals surface area contributed by atoms with E-state index in [-0.39, 0.29) is 18.5 Å². The molecule has 1 N–H and O–H groups in total. The van der Waals surface area contributed by atoms with E-state index < -0.39 is 0 Å². The van der Waals surface area contributed by atoms with Gasteiger partial charge < -0.3 is 10.2 Å². The molecule has 0 radical (unpaired) electrons. The van der Waals surface area contributed by atoms with Gasteiger partial charge in [0.15, 0.2) is 0 Å². The Bertz CT molecular complexity index is 650. The minimum absolute atomic E-state index is 0.0295. The Balaban J connectivity index is 1.68. The average molecular weight is 300 g/mol. The lowest BCUT2D eigenvalue weighted by Crippen LogP contribution is -2.53. The summed E-state index contributed by atoms with van der Waals surface area (Å²) in [4.78, 5) is 15.6. The van der Waals surface area contributed by atoms with Gasteiger partial charge in [-0.1, -0.05) is 29.8 Å². The summed E-state index contributed by atoms with van der Waals surface area (Å²) in [5.74, 6) is 0.572. The molecular formula is C15H20N6O. The van der Waals surface area contributed by atoms with Crippen molar-refractivity contribution < 1.29 is 4.79 Å². The number of amides is 1. The Labute approximate surface area is 129 Å². The van der Waals surface area contributed by atoms with Gasteiger partial charge in [0.1, 0.15) is 6.54 Å². The first-order chi connectivity index (χ1) is 10.6. The quantitative estimate of drug-likeness (QED) is 0.891. The van der Waals surface area contributed by atoms with Gasteiger partial charge in [-0.25, -0.2) is 0 Å². The van der Waals surface area contributed by atoms with Crippen LogP contribution in [-0.2, 0) is 11.3 Å². The van der Waals surface area contributed by atoms with Gasteiger partial charge in [0.2, 0.25) is 11.7 Å². The van der Waals surface area contributed by atoms with Gasteiger partial charge in [-0.2, -0.15) is 4.80 Å². The molecule has 1 aliphatic rings. The van der Waals surface area contributed by atoms with Crippen LogP contribution in [0, 0.1) is 6.92 Å². The topological polar surface area (TPSA) is 75.9 Å². The average Bonchev–Trinajstić information content (AvgIpc) is 2.97. The molecule has 1 aromatic carbocycles. The van der Waals surface area contributed by atoms with Crippen molar-refractivity contribution in [3.63, 3.8) is 0 Å². The number of aromatic nitrogens is 4. The minimum Gasteiger partial charge on any atom is -0.336 e. The standard InChI is InChI=1S/C15H20N6O/c1-11-3-5-13(6-4-11)15-17-19-21(18-15)10-14(22)20-8-7-16-9-12(20)2/h3-6,12,16H,7-10H2,1-2H3/t12-/m1/s1. The molecule has 1 fully saturated rings. The molecule has 7 heteroatoms. The van der Waals surface area contributed by atoms with E-state index in [4.69, 9.17) is 0 Å². The molecular weight excluding hydrogens is 280 g/mol. The highest BCUT2D eigenvalue weighted by molar-refractivity contribution is 5.76. The molecule has 1 saturated heterocycles. The minimum atomic E-state index is 0.0295. The van der Waals surface area contributed by atoms with Gasteiger partial charge in [0, 0.05) is 31.2 Å². The molecule has 2 aromatic rings. The van der Waals surface area contributed by atoms with Crippen molar-refractivity contribution in [2.45, 2.75) is 26.4 Å². The van der Waals surface area contributed by atoms with Crippen LogP contribution in [0.2, 0.25) is 0 Å². The largest absolute Gasteiger partial charge is 0.336 e. The van der Waals surface area contributed by atoms with Crippen molar-refractivity contribution in [3.8, 4) is 11.4 Å². The Kier molecular flexibility index (Phi) is 4.15. The van der Waals surface area contributed by atoms with Crippen LogP contribution in [-0.4, -0.2) is 56.7 Å². The monoisotopic (exact) mass is 300 g/mol. The van der Waals surface area contributed by atoms with Crippen molar-refractivity contribution in [1.29, 1.82) is 0 Å². The van der Waals surface area contributed by atoms with E-state index in [0.717, 1.165) is 25.2 Å². The maximum Gasteiger partial charge on any atom is 0.246 e. The number of carbonyl (C=O) groups excluding carboxylic acids is 1. The van der Waals surface area contributed by atoms with Crippen LogP contribution in [0.1, 0.15) is 12.5 Å². The molecule has 0 bridgehead atoms. The number of tetrazole rings is 1.